The van der Waals surface area contributed by atoms with Crippen molar-refractivity contribution in [2.75, 3.05) is 0 Å². The third kappa shape index (κ3) is 1.80. The van der Waals surface area contributed by atoms with Crippen LogP contribution in [0.1, 0.15) is 24.1 Å². The molecule has 1 unspecified atom stereocenters. The predicted octanol–water partition coefficient (Wildman–Crippen LogP) is 2.13. The van der Waals surface area contributed by atoms with Crippen LogP contribution in [0.15, 0.2) is 11.4 Å². The summed E-state index contributed by atoms with van der Waals surface area (Å²) in [6.07, 6.45) is 0.643. The van der Waals surface area contributed by atoms with Crippen LogP contribution in [-0.4, -0.2) is 11.1 Å². The quantitative estimate of drug-likeness (QED) is 0.752. The molecule has 0 aliphatic heterocycles. The van der Waals surface area contributed by atoms with E-state index in [1.165, 1.54) is 11.3 Å². The summed E-state index contributed by atoms with van der Waals surface area (Å²) in [5, 5.41) is 10.5. The zero-order chi connectivity index (χ0) is 8.27. The van der Waals surface area contributed by atoms with Gasteiger partial charge in [0.25, 0.3) is 0 Å². The van der Waals surface area contributed by atoms with Crippen LogP contribution >= 0.6 is 11.3 Å². The van der Waals surface area contributed by atoms with Crippen molar-refractivity contribution >= 4 is 17.3 Å². The van der Waals surface area contributed by atoms with Crippen LogP contribution in [0.2, 0.25) is 0 Å². The van der Waals surface area contributed by atoms with Crippen molar-refractivity contribution in [1.82, 2.24) is 0 Å². The van der Waals surface area contributed by atoms with Gasteiger partial charge >= 0.3 is 5.97 Å². The molecule has 0 aromatic carbocycles. The third-order valence-electron chi connectivity index (χ3n) is 1.54. The van der Waals surface area contributed by atoms with E-state index in [0.717, 1.165) is 4.88 Å². The van der Waals surface area contributed by atoms with E-state index in [4.69, 9.17) is 5.11 Å². The number of aliphatic carboxylic acids is 1. The molecule has 0 aliphatic rings. The van der Waals surface area contributed by atoms with Crippen molar-refractivity contribution in [1.29, 1.82) is 0 Å². The number of carbonyl (C=O) groups is 1. The van der Waals surface area contributed by atoms with Gasteiger partial charge in [-0.3, -0.25) is 4.79 Å². The first-order valence-corrected chi connectivity index (χ1v) is 4.31. The zero-order valence-electron chi connectivity index (χ0n) is 6.20. The van der Waals surface area contributed by atoms with E-state index in [1.807, 2.05) is 6.92 Å². The molecule has 0 bridgehead atoms. The van der Waals surface area contributed by atoms with Crippen LogP contribution < -0.4 is 0 Å². The molecule has 1 atom stereocenters. The molecular formula is C8H9O2S. The van der Waals surface area contributed by atoms with Gasteiger partial charge in [-0.1, -0.05) is 6.92 Å². The standard InChI is InChI=1S/C8H9O2S/c1-2-6(8(9)10)7-4-3-5-11-7/h4-6H,2H2,1H3,(H,9,10). The first-order chi connectivity index (χ1) is 5.25. The van der Waals surface area contributed by atoms with Gasteiger partial charge in [-0.15, -0.1) is 11.3 Å². The molecule has 1 aromatic rings. The topological polar surface area (TPSA) is 37.3 Å². The number of rotatable bonds is 3. The normalized spacial score (nSPS) is 12.8. The van der Waals surface area contributed by atoms with E-state index in [1.54, 1.807) is 11.4 Å². The number of carboxylic acid groups (broad SMARTS) is 1. The Morgan fingerprint density at radius 2 is 2.64 bits per heavy atom. The molecule has 0 spiro atoms. The summed E-state index contributed by atoms with van der Waals surface area (Å²) in [6.45, 7) is 1.87. The SMILES string of the molecule is CCC(C(=O)O)c1c[c]cs1. The summed E-state index contributed by atoms with van der Waals surface area (Å²) in [7, 11) is 0. The Bertz CT molecular complexity index is 228. The number of thiophene rings is 1. The zero-order valence-corrected chi connectivity index (χ0v) is 7.02. The van der Waals surface area contributed by atoms with E-state index < -0.39 is 5.97 Å². The Kier molecular flexibility index (Phi) is 2.65. The Hall–Kier alpha value is -0.830. The van der Waals surface area contributed by atoms with Crippen molar-refractivity contribution in [3.8, 4) is 0 Å². The van der Waals surface area contributed by atoms with Gasteiger partial charge in [-0.2, -0.15) is 0 Å². The maximum Gasteiger partial charge on any atom is 0.311 e. The molecule has 2 nitrogen and oxygen atoms in total. The highest BCUT2D eigenvalue weighted by molar-refractivity contribution is 7.10. The minimum absolute atomic E-state index is 0.341. The second kappa shape index (κ2) is 3.53. The summed E-state index contributed by atoms with van der Waals surface area (Å²) >= 11 is 1.45. The van der Waals surface area contributed by atoms with Crippen LogP contribution in [0.3, 0.4) is 0 Å². The Balaban J connectivity index is 2.79. The fourth-order valence-corrected chi connectivity index (χ4v) is 1.77. The summed E-state index contributed by atoms with van der Waals surface area (Å²) < 4.78 is 0. The Morgan fingerprint density at radius 1 is 1.91 bits per heavy atom. The largest absolute Gasteiger partial charge is 0.481 e. The van der Waals surface area contributed by atoms with Gasteiger partial charge in [0.05, 0.1) is 5.92 Å². The lowest BCUT2D eigenvalue weighted by Crippen LogP contribution is -2.08. The monoisotopic (exact) mass is 169 g/mol. The summed E-state index contributed by atoms with van der Waals surface area (Å²) in [5.74, 6) is -1.09. The molecular weight excluding hydrogens is 160 g/mol. The van der Waals surface area contributed by atoms with Crippen molar-refractivity contribution in [2.24, 2.45) is 0 Å². The molecule has 1 aromatic heterocycles. The first kappa shape index (κ1) is 8.27. The van der Waals surface area contributed by atoms with Gasteiger partial charge in [0.15, 0.2) is 0 Å². The maximum atomic E-state index is 10.6. The van der Waals surface area contributed by atoms with E-state index >= 15 is 0 Å². The molecule has 1 N–H and O–H groups in total. The number of hydrogen-bond acceptors (Lipinski definition) is 2. The Labute approximate surface area is 69.5 Å². The average Bonchev–Trinajstić information content (AvgIpc) is 2.40. The highest BCUT2D eigenvalue weighted by atomic mass is 32.1. The van der Waals surface area contributed by atoms with Gasteiger partial charge in [-0.05, 0) is 23.9 Å². The highest BCUT2D eigenvalue weighted by Gasteiger charge is 2.17. The third-order valence-corrected chi connectivity index (χ3v) is 2.47. The first-order valence-electron chi connectivity index (χ1n) is 3.43. The van der Waals surface area contributed by atoms with Crippen LogP contribution in [0.5, 0.6) is 0 Å². The van der Waals surface area contributed by atoms with Gasteiger partial charge in [0.1, 0.15) is 0 Å². The molecule has 11 heavy (non-hydrogen) atoms. The van der Waals surface area contributed by atoms with E-state index in [-0.39, 0.29) is 5.92 Å². The molecule has 0 saturated heterocycles. The second-order valence-electron chi connectivity index (χ2n) is 2.25. The molecule has 1 rings (SSSR count). The summed E-state index contributed by atoms with van der Waals surface area (Å²) in [5.41, 5.74) is 0. The molecule has 0 amide bonds. The number of hydrogen-bond donors (Lipinski definition) is 1. The van der Waals surface area contributed by atoms with Crippen molar-refractivity contribution < 1.29 is 9.90 Å². The lowest BCUT2D eigenvalue weighted by Gasteiger charge is -2.04. The Morgan fingerprint density at radius 3 is 3.00 bits per heavy atom. The summed E-state index contributed by atoms with van der Waals surface area (Å²) in [6, 6.07) is 4.60. The molecule has 0 aliphatic carbocycles. The molecule has 3 heteroatoms. The lowest BCUT2D eigenvalue weighted by atomic mass is 10.1. The minimum atomic E-state index is -0.747. The van der Waals surface area contributed by atoms with Gasteiger partial charge in [0, 0.05) is 4.88 Å². The van der Waals surface area contributed by atoms with Gasteiger partial charge < -0.3 is 5.11 Å². The molecule has 0 saturated carbocycles. The van der Waals surface area contributed by atoms with Crippen LogP contribution in [-0.2, 0) is 4.79 Å². The molecule has 1 radical (unpaired) electrons. The number of carboxylic acids is 1. The fourth-order valence-electron chi connectivity index (χ4n) is 0.932. The average molecular weight is 169 g/mol. The van der Waals surface area contributed by atoms with E-state index in [0.29, 0.717) is 6.42 Å². The second-order valence-corrected chi connectivity index (χ2v) is 3.19. The molecule has 1 heterocycles. The van der Waals surface area contributed by atoms with Crippen molar-refractivity contribution in [2.45, 2.75) is 19.3 Å². The van der Waals surface area contributed by atoms with Crippen LogP contribution in [0.25, 0.3) is 0 Å². The van der Waals surface area contributed by atoms with Crippen LogP contribution in [0, 0.1) is 6.07 Å². The molecule has 59 valence electrons. The van der Waals surface area contributed by atoms with E-state index in [9.17, 15) is 4.79 Å². The molecule has 0 fully saturated rings. The lowest BCUT2D eigenvalue weighted by molar-refractivity contribution is -0.138. The van der Waals surface area contributed by atoms with Gasteiger partial charge in [0.2, 0.25) is 0 Å². The van der Waals surface area contributed by atoms with Crippen molar-refractivity contribution in [3.63, 3.8) is 0 Å². The fraction of sp³-hybridized carbons (Fsp3) is 0.375. The minimum Gasteiger partial charge on any atom is -0.481 e. The highest BCUT2D eigenvalue weighted by Crippen LogP contribution is 2.23. The van der Waals surface area contributed by atoms with Crippen LogP contribution in [0.4, 0.5) is 0 Å². The smallest absolute Gasteiger partial charge is 0.311 e. The van der Waals surface area contributed by atoms with Gasteiger partial charge in [-0.25, -0.2) is 0 Å². The van der Waals surface area contributed by atoms with Crippen molar-refractivity contribution in [3.05, 3.63) is 22.4 Å². The predicted molar refractivity (Wildman–Crippen MR) is 43.8 cm³/mol. The maximum absolute atomic E-state index is 10.6. The van der Waals surface area contributed by atoms with E-state index in [2.05, 4.69) is 6.07 Å². The summed E-state index contributed by atoms with van der Waals surface area (Å²) in [4.78, 5) is 11.5.